The Balaban J connectivity index is 1.48. The molecule has 13 heteroatoms. The van der Waals surface area contributed by atoms with Gasteiger partial charge in [0.15, 0.2) is 6.10 Å². The number of carbonyl (C=O) groups excluding carboxylic acids is 1. The van der Waals surface area contributed by atoms with E-state index < -0.39 is 35.8 Å². The number of rotatable bonds is 6. The lowest BCUT2D eigenvalue weighted by Crippen LogP contribution is -2.64. The summed E-state index contributed by atoms with van der Waals surface area (Å²) in [5, 5.41) is 9.66. The predicted octanol–water partition coefficient (Wildman–Crippen LogP) is 3.11. The van der Waals surface area contributed by atoms with Crippen molar-refractivity contribution < 1.29 is 36.2 Å². The molecule has 2 heterocycles. The number of likely N-dealkylation sites (tertiary alicyclic amines) is 1. The number of primary amides is 1. The number of halogens is 6. The van der Waals surface area contributed by atoms with E-state index in [0.29, 0.717) is 25.9 Å². The summed E-state index contributed by atoms with van der Waals surface area (Å²) in [6, 6.07) is 2.87. The van der Waals surface area contributed by atoms with E-state index in [0.717, 1.165) is 12.1 Å². The Kier molecular flexibility index (Phi) is 6.84. The average Bonchev–Trinajstić information content (AvgIpc) is 2.75. The molecule has 0 spiro atoms. The van der Waals surface area contributed by atoms with Gasteiger partial charge < -0.3 is 15.7 Å². The molecule has 3 N–H and O–H groups in total. The van der Waals surface area contributed by atoms with Crippen molar-refractivity contribution in [3.8, 4) is 0 Å². The van der Waals surface area contributed by atoms with Gasteiger partial charge in [0.25, 0.3) is 0 Å². The van der Waals surface area contributed by atoms with Gasteiger partial charge >= 0.3 is 12.4 Å². The molecule has 7 nitrogen and oxygen atoms in total. The van der Waals surface area contributed by atoms with Crippen LogP contribution in [0.5, 0.6) is 0 Å². The minimum absolute atomic E-state index is 0.0253. The maximum atomic E-state index is 13.3. The third-order valence-electron chi connectivity index (χ3n) is 6.91. The molecule has 0 radical (unpaired) electrons. The quantitative estimate of drug-likeness (QED) is 0.586. The van der Waals surface area contributed by atoms with Crippen LogP contribution in [0.3, 0.4) is 0 Å². The van der Waals surface area contributed by atoms with E-state index in [-0.39, 0.29) is 48.2 Å². The number of carbonyl (C=O) groups is 1. The van der Waals surface area contributed by atoms with Gasteiger partial charge in [-0.2, -0.15) is 26.3 Å². The van der Waals surface area contributed by atoms with Crippen molar-refractivity contribution in [3.63, 3.8) is 0 Å². The van der Waals surface area contributed by atoms with E-state index in [1.807, 2.05) is 0 Å². The number of hydrogen-bond acceptors (Lipinski definition) is 6. The van der Waals surface area contributed by atoms with Crippen molar-refractivity contribution in [2.75, 3.05) is 24.5 Å². The number of fused-ring (bicyclic) bond motifs is 1. The lowest BCUT2D eigenvalue weighted by molar-refractivity contribution is -0.223. The fraction of sp³-hybridized carbons (Fsp3) is 0.591. The summed E-state index contributed by atoms with van der Waals surface area (Å²) in [6.07, 6.45) is -8.85. The van der Waals surface area contributed by atoms with Gasteiger partial charge in [-0.15, -0.1) is 0 Å². The van der Waals surface area contributed by atoms with Crippen LogP contribution >= 0.6 is 0 Å². The second-order valence-electron chi connectivity index (χ2n) is 9.18. The Bertz CT molecular complexity index is 1060. The van der Waals surface area contributed by atoms with Crippen LogP contribution in [0.4, 0.5) is 32.2 Å². The van der Waals surface area contributed by atoms with E-state index in [4.69, 9.17) is 5.73 Å². The summed E-state index contributed by atoms with van der Waals surface area (Å²) >= 11 is 0. The van der Waals surface area contributed by atoms with Crippen LogP contribution in [0.2, 0.25) is 0 Å². The third-order valence-corrected chi connectivity index (χ3v) is 6.91. The highest BCUT2D eigenvalue weighted by atomic mass is 19.4. The SMILES string of the molecule is NC(=O)CN(c1ncnc2ccc(C(F)(F)F)cc12)C1CN(C2CCC(C(O)C(F)(F)F)CC2)C1. The maximum absolute atomic E-state index is 13.3. The van der Waals surface area contributed by atoms with Gasteiger partial charge in [0.05, 0.1) is 23.7 Å². The summed E-state index contributed by atoms with van der Waals surface area (Å²) in [5.74, 6) is -1.34. The highest BCUT2D eigenvalue weighted by Crippen LogP contribution is 2.38. The van der Waals surface area contributed by atoms with Crippen molar-refractivity contribution in [2.24, 2.45) is 11.7 Å². The zero-order valence-electron chi connectivity index (χ0n) is 18.6. The molecule has 1 unspecified atom stereocenters. The molecular weight excluding hydrogens is 480 g/mol. The molecule has 1 aromatic carbocycles. The fourth-order valence-corrected chi connectivity index (χ4v) is 5.03. The van der Waals surface area contributed by atoms with Crippen molar-refractivity contribution in [2.45, 2.75) is 56.2 Å². The number of nitrogens with two attached hydrogens (primary N) is 1. The number of aliphatic hydroxyl groups is 1. The summed E-state index contributed by atoms with van der Waals surface area (Å²) in [4.78, 5) is 23.6. The fourth-order valence-electron chi connectivity index (χ4n) is 5.03. The zero-order chi connectivity index (χ0) is 25.5. The van der Waals surface area contributed by atoms with E-state index >= 15 is 0 Å². The second-order valence-corrected chi connectivity index (χ2v) is 9.18. The van der Waals surface area contributed by atoms with Crippen LogP contribution in [-0.2, 0) is 11.0 Å². The Hall–Kier alpha value is -2.67. The molecule has 4 rings (SSSR count). The molecule has 2 aromatic rings. The monoisotopic (exact) mass is 505 g/mol. The second kappa shape index (κ2) is 9.41. The van der Waals surface area contributed by atoms with Gasteiger partial charge in [-0.25, -0.2) is 9.97 Å². The topological polar surface area (TPSA) is 95.6 Å². The smallest absolute Gasteiger partial charge is 0.383 e. The molecule has 1 atom stereocenters. The molecule has 1 aromatic heterocycles. The molecule has 1 aliphatic carbocycles. The van der Waals surface area contributed by atoms with E-state index in [9.17, 15) is 36.2 Å². The molecule has 2 aliphatic rings. The van der Waals surface area contributed by atoms with Crippen molar-refractivity contribution in [1.82, 2.24) is 14.9 Å². The number of benzene rings is 1. The molecule has 1 aliphatic heterocycles. The molecule has 1 amide bonds. The highest BCUT2D eigenvalue weighted by molar-refractivity contribution is 5.92. The lowest BCUT2D eigenvalue weighted by Gasteiger charge is -2.50. The largest absolute Gasteiger partial charge is 0.416 e. The van der Waals surface area contributed by atoms with Gasteiger partial charge in [-0.05, 0) is 49.8 Å². The summed E-state index contributed by atoms with van der Waals surface area (Å²) in [5.41, 5.74) is 4.83. The van der Waals surface area contributed by atoms with Crippen LogP contribution in [0, 0.1) is 5.92 Å². The number of alkyl halides is 6. The van der Waals surface area contributed by atoms with Crippen molar-refractivity contribution in [1.29, 1.82) is 0 Å². The van der Waals surface area contributed by atoms with E-state index in [1.165, 1.54) is 12.4 Å². The van der Waals surface area contributed by atoms with Gasteiger partial charge in [0.1, 0.15) is 12.1 Å². The first-order chi connectivity index (χ1) is 16.3. The summed E-state index contributed by atoms with van der Waals surface area (Å²) < 4.78 is 78.2. The Morgan fingerprint density at radius 2 is 1.77 bits per heavy atom. The van der Waals surface area contributed by atoms with Crippen LogP contribution in [0.15, 0.2) is 24.5 Å². The Morgan fingerprint density at radius 1 is 1.11 bits per heavy atom. The average molecular weight is 505 g/mol. The zero-order valence-corrected chi connectivity index (χ0v) is 18.6. The van der Waals surface area contributed by atoms with Gasteiger partial charge in [0, 0.05) is 24.5 Å². The van der Waals surface area contributed by atoms with Crippen molar-refractivity contribution >= 4 is 22.6 Å². The number of amides is 1. The molecule has 2 fully saturated rings. The summed E-state index contributed by atoms with van der Waals surface area (Å²) in [7, 11) is 0. The molecule has 1 saturated carbocycles. The standard InChI is InChI=1S/C22H25F6N5O2/c23-21(24,25)13-3-6-17-16(7-13)20(31-11-30-17)33(10-18(29)34)15-8-32(9-15)14-4-1-12(2-5-14)19(35)22(26,27)28/h3,6-7,11-12,14-15,19,35H,1-2,4-5,8-10H2,(H2,29,34). The minimum Gasteiger partial charge on any atom is -0.383 e. The molecule has 0 bridgehead atoms. The molecular formula is C22H25F6N5O2. The first-order valence-electron chi connectivity index (χ1n) is 11.2. The third kappa shape index (κ3) is 5.45. The maximum Gasteiger partial charge on any atom is 0.416 e. The lowest BCUT2D eigenvalue weighted by atomic mass is 9.81. The Morgan fingerprint density at radius 3 is 2.34 bits per heavy atom. The molecule has 1 saturated heterocycles. The number of nitrogens with zero attached hydrogens (tertiary/aromatic N) is 4. The van der Waals surface area contributed by atoms with Crippen LogP contribution < -0.4 is 10.6 Å². The normalized spacial score (nSPS) is 23.2. The summed E-state index contributed by atoms with van der Waals surface area (Å²) in [6.45, 7) is 0.648. The number of aliphatic hydroxyl groups excluding tert-OH is 1. The molecule has 192 valence electrons. The van der Waals surface area contributed by atoms with Gasteiger partial charge in [-0.3, -0.25) is 9.69 Å². The first-order valence-corrected chi connectivity index (χ1v) is 11.2. The van der Waals surface area contributed by atoms with Gasteiger partial charge in [-0.1, -0.05) is 0 Å². The molecule has 35 heavy (non-hydrogen) atoms. The number of aromatic nitrogens is 2. The number of hydrogen-bond donors (Lipinski definition) is 2. The predicted molar refractivity (Wildman–Crippen MR) is 114 cm³/mol. The minimum atomic E-state index is -4.64. The van der Waals surface area contributed by atoms with Crippen LogP contribution in [-0.4, -0.2) is 69.9 Å². The van der Waals surface area contributed by atoms with Crippen LogP contribution in [0.1, 0.15) is 31.2 Å². The van der Waals surface area contributed by atoms with Gasteiger partial charge in [0.2, 0.25) is 5.91 Å². The van der Waals surface area contributed by atoms with Crippen LogP contribution in [0.25, 0.3) is 10.9 Å². The van der Waals surface area contributed by atoms with Crippen molar-refractivity contribution in [3.05, 3.63) is 30.1 Å². The number of anilines is 1. The highest BCUT2D eigenvalue weighted by Gasteiger charge is 2.46. The Labute approximate surface area is 196 Å². The van der Waals surface area contributed by atoms with E-state index in [2.05, 4.69) is 14.9 Å². The first kappa shape index (κ1) is 25.4. The van der Waals surface area contributed by atoms with E-state index in [1.54, 1.807) is 4.90 Å².